The van der Waals surface area contributed by atoms with E-state index in [1.165, 1.54) is 13.4 Å². The highest BCUT2D eigenvalue weighted by Crippen LogP contribution is 2.15. The van der Waals surface area contributed by atoms with E-state index in [-0.39, 0.29) is 18.1 Å². The van der Waals surface area contributed by atoms with Crippen molar-refractivity contribution in [3.05, 3.63) is 18.1 Å². The molecule has 2 heterocycles. The molecule has 2 rings (SSSR count). The number of nitrogens with zero attached hydrogens (tertiary/aromatic N) is 2. The second-order valence-electron chi connectivity index (χ2n) is 3.96. The Morgan fingerprint density at radius 1 is 1.53 bits per heavy atom. The van der Waals surface area contributed by atoms with Gasteiger partial charge in [0, 0.05) is 24.7 Å². The summed E-state index contributed by atoms with van der Waals surface area (Å²) in [6, 6.07) is 1.48. The van der Waals surface area contributed by atoms with Crippen molar-refractivity contribution in [2.45, 2.75) is 25.5 Å². The number of aromatic nitrogens is 2. The van der Waals surface area contributed by atoms with Crippen LogP contribution in [0.4, 0.5) is 0 Å². The van der Waals surface area contributed by atoms with Crippen molar-refractivity contribution in [2.75, 3.05) is 13.7 Å². The Bertz CT molecular complexity index is 411. The van der Waals surface area contributed by atoms with Crippen molar-refractivity contribution in [1.82, 2.24) is 15.3 Å². The van der Waals surface area contributed by atoms with Gasteiger partial charge in [0.05, 0.1) is 7.11 Å². The summed E-state index contributed by atoms with van der Waals surface area (Å²) in [5.74, 6) is 0.282. The van der Waals surface area contributed by atoms with E-state index in [1.807, 2.05) is 6.92 Å². The summed E-state index contributed by atoms with van der Waals surface area (Å²) in [6.07, 6.45) is 1.99. The standard InChI is InChI=1S/C11H15N3O3/c1-7-3-10(14-6-13-7)17-8-4-9(12-5-8)11(15)16-2/h3,6,8-9,12H,4-5H2,1-2H3/t8-,9+/m1/s1. The van der Waals surface area contributed by atoms with Crippen molar-refractivity contribution in [3.8, 4) is 5.88 Å². The van der Waals surface area contributed by atoms with Gasteiger partial charge >= 0.3 is 5.97 Å². The van der Waals surface area contributed by atoms with Crippen LogP contribution in [0.15, 0.2) is 12.4 Å². The highest BCUT2D eigenvalue weighted by Gasteiger charge is 2.31. The number of ether oxygens (including phenoxy) is 2. The summed E-state index contributed by atoms with van der Waals surface area (Å²) in [5.41, 5.74) is 0.852. The molecule has 0 amide bonds. The molecule has 1 aliphatic heterocycles. The van der Waals surface area contributed by atoms with Crippen LogP contribution in [0.2, 0.25) is 0 Å². The fourth-order valence-corrected chi connectivity index (χ4v) is 1.78. The van der Waals surface area contributed by atoms with E-state index < -0.39 is 0 Å². The molecule has 2 atom stereocenters. The topological polar surface area (TPSA) is 73.3 Å². The van der Waals surface area contributed by atoms with Crippen LogP contribution in [0.1, 0.15) is 12.1 Å². The highest BCUT2D eigenvalue weighted by molar-refractivity contribution is 5.76. The van der Waals surface area contributed by atoms with Gasteiger partial charge in [0.1, 0.15) is 18.5 Å². The first-order chi connectivity index (χ1) is 8.19. The Hall–Kier alpha value is -1.69. The fourth-order valence-electron chi connectivity index (χ4n) is 1.78. The maximum atomic E-state index is 11.3. The van der Waals surface area contributed by atoms with E-state index in [4.69, 9.17) is 4.74 Å². The SMILES string of the molecule is COC(=O)[C@@H]1C[C@@H](Oc2cc(C)ncn2)CN1. The zero-order valence-electron chi connectivity index (χ0n) is 9.84. The van der Waals surface area contributed by atoms with Crippen LogP contribution in [0.25, 0.3) is 0 Å². The minimum absolute atomic E-state index is 0.0617. The van der Waals surface area contributed by atoms with Crippen LogP contribution in [0.3, 0.4) is 0 Å². The first kappa shape index (κ1) is 11.8. The largest absolute Gasteiger partial charge is 0.473 e. The van der Waals surface area contributed by atoms with Crippen LogP contribution in [0.5, 0.6) is 5.88 Å². The summed E-state index contributed by atoms with van der Waals surface area (Å²) >= 11 is 0. The van der Waals surface area contributed by atoms with E-state index in [9.17, 15) is 4.79 Å². The van der Waals surface area contributed by atoms with Gasteiger partial charge in [-0.2, -0.15) is 0 Å². The van der Waals surface area contributed by atoms with Crippen molar-refractivity contribution in [2.24, 2.45) is 0 Å². The van der Waals surface area contributed by atoms with Gasteiger partial charge in [-0.3, -0.25) is 4.79 Å². The lowest BCUT2D eigenvalue weighted by molar-refractivity contribution is -0.142. The van der Waals surface area contributed by atoms with Gasteiger partial charge in [-0.05, 0) is 6.92 Å². The predicted octanol–water partition coefficient (Wildman–Crippen LogP) is 0.0673. The van der Waals surface area contributed by atoms with E-state index in [0.29, 0.717) is 18.8 Å². The van der Waals surface area contributed by atoms with Crippen LogP contribution in [0, 0.1) is 6.92 Å². The highest BCUT2D eigenvalue weighted by atomic mass is 16.5. The maximum Gasteiger partial charge on any atom is 0.323 e. The summed E-state index contributed by atoms with van der Waals surface area (Å²) in [5, 5.41) is 3.05. The molecule has 1 aromatic heterocycles. The van der Waals surface area contributed by atoms with E-state index in [0.717, 1.165) is 5.69 Å². The second-order valence-corrected chi connectivity index (χ2v) is 3.96. The minimum Gasteiger partial charge on any atom is -0.473 e. The zero-order valence-corrected chi connectivity index (χ0v) is 9.84. The molecule has 92 valence electrons. The third-order valence-electron chi connectivity index (χ3n) is 2.64. The molecule has 1 aliphatic rings. The van der Waals surface area contributed by atoms with Crippen LogP contribution >= 0.6 is 0 Å². The Balaban J connectivity index is 1.92. The van der Waals surface area contributed by atoms with E-state index in [1.54, 1.807) is 6.07 Å². The Morgan fingerprint density at radius 3 is 3.06 bits per heavy atom. The average Bonchev–Trinajstić information content (AvgIpc) is 2.76. The molecule has 1 N–H and O–H groups in total. The van der Waals surface area contributed by atoms with Crippen LogP contribution in [-0.2, 0) is 9.53 Å². The summed E-state index contributed by atoms with van der Waals surface area (Å²) in [4.78, 5) is 19.3. The Morgan fingerprint density at radius 2 is 2.35 bits per heavy atom. The molecular weight excluding hydrogens is 222 g/mol. The molecule has 0 spiro atoms. The molecule has 0 radical (unpaired) electrons. The molecule has 1 saturated heterocycles. The van der Waals surface area contributed by atoms with Gasteiger partial charge in [-0.25, -0.2) is 9.97 Å². The number of carbonyl (C=O) groups is 1. The summed E-state index contributed by atoms with van der Waals surface area (Å²) < 4.78 is 10.3. The average molecular weight is 237 g/mol. The van der Waals surface area contributed by atoms with E-state index >= 15 is 0 Å². The van der Waals surface area contributed by atoms with Crippen LogP contribution < -0.4 is 10.1 Å². The van der Waals surface area contributed by atoms with Gasteiger partial charge in [0.2, 0.25) is 5.88 Å². The molecule has 1 fully saturated rings. The quantitative estimate of drug-likeness (QED) is 0.750. The lowest BCUT2D eigenvalue weighted by Gasteiger charge is -2.11. The molecule has 0 bridgehead atoms. The number of nitrogens with one attached hydrogen (secondary N) is 1. The number of esters is 1. The van der Waals surface area contributed by atoms with Crippen molar-refractivity contribution in [1.29, 1.82) is 0 Å². The first-order valence-corrected chi connectivity index (χ1v) is 5.45. The maximum absolute atomic E-state index is 11.3. The molecular formula is C11H15N3O3. The number of methoxy groups -OCH3 is 1. The molecule has 0 aromatic carbocycles. The van der Waals surface area contributed by atoms with Crippen molar-refractivity contribution in [3.63, 3.8) is 0 Å². The third-order valence-corrected chi connectivity index (χ3v) is 2.64. The van der Waals surface area contributed by atoms with Gasteiger partial charge in [0.15, 0.2) is 0 Å². The Labute approximate surface area is 99.4 Å². The van der Waals surface area contributed by atoms with Crippen molar-refractivity contribution >= 4 is 5.97 Å². The van der Waals surface area contributed by atoms with E-state index in [2.05, 4.69) is 20.0 Å². The Kier molecular flexibility index (Phi) is 3.53. The second kappa shape index (κ2) is 5.09. The lowest BCUT2D eigenvalue weighted by atomic mass is 10.2. The number of aryl methyl sites for hydroxylation is 1. The lowest BCUT2D eigenvalue weighted by Crippen LogP contribution is -2.31. The van der Waals surface area contributed by atoms with Gasteiger partial charge < -0.3 is 14.8 Å². The third kappa shape index (κ3) is 2.91. The molecule has 17 heavy (non-hydrogen) atoms. The molecule has 0 aliphatic carbocycles. The van der Waals surface area contributed by atoms with Crippen LogP contribution in [-0.4, -0.2) is 41.7 Å². The summed E-state index contributed by atoms with van der Waals surface area (Å²) in [7, 11) is 1.38. The molecule has 1 aromatic rings. The number of hydrogen-bond donors (Lipinski definition) is 1. The van der Waals surface area contributed by atoms with Gasteiger partial charge in [-0.1, -0.05) is 0 Å². The monoisotopic (exact) mass is 237 g/mol. The smallest absolute Gasteiger partial charge is 0.323 e. The predicted molar refractivity (Wildman–Crippen MR) is 59.6 cm³/mol. The molecule has 6 nitrogen and oxygen atoms in total. The molecule has 6 heteroatoms. The number of carbonyl (C=O) groups excluding carboxylic acids is 1. The zero-order chi connectivity index (χ0) is 12.3. The summed E-state index contributed by atoms with van der Waals surface area (Å²) in [6.45, 7) is 2.49. The van der Waals surface area contributed by atoms with Gasteiger partial charge in [-0.15, -0.1) is 0 Å². The minimum atomic E-state index is -0.284. The fraction of sp³-hybridized carbons (Fsp3) is 0.545. The molecule has 0 saturated carbocycles. The normalized spacial score (nSPS) is 23.4. The molecule has 0 unspecified atom stereocenters. The van der Waals surface area contributed by atoms with Crippen molar-refractivity contribution < 1.29 is 14.3 Å². The van der Waals surface area contributed by atoms with Gasteiger partial charge in [0.25, 0.3) is 0 Å². The first-order valence-electron chi connectivity index (χ1n) is 5.45. The number of rotatable bonds is 3. The number of hydrogen-bond acceptors (Lipinski definition) is 6.